The van der Waals surface area contributed by atoms with Crippen molar-refractivity contribution in [2.24, 2.45) is 5.73 Å². The quantitative estimate of drug-likeness (QED) is 0.520. The van der Waals surface area contributed by atoms with Gasteiger partial charge < -0.3 is 14.6 Å². The summed E-state index contributed by atoms with van der Waals surface area (Å²) in [6.07, 6.45) is 2.19. The lowest BCUT2D eigenvalue weighted by atomic mass is 10.3. The van der Waals surface area contributed by atoms with Gasteiger partial charge in [-0.05, 0) is 39.4 Å². The molecule has 0 aromatic rings. The summed E-state index contributed by atoms with van der Waals surface area (Å²) in [4.78, 5) is 0. The fourth-order valence-electron chi connectivity index (χ4n) is 1.61. The van der Waals surface area contributed by atoms with Gasteiger partial charge in [0.25, 0.3) is 0 Å². The highest BCUT2D eigenvalue weighted by Crippen LogP contribution is 2.22. The Balaban J connectivity index is 4.38. The summed E-state index contributed by atoms with van der Waals surface area (Å²) in [6.45, 7) is 15.0. The van der Waals surface area contributed by atoms with Crippen LogP contribution in [0.5, 0.6) is 0 Å². The second kappa shape index (κ2) is 7.68. The Labute approximate surface area is 109 Å². The number of hydrogen-bond donors (Lipinski definition) is 1. The van der Waals surface area contributed by atoms with Gasteiger partial charge in [-0.3, -0.25) is 0 Å². The van der Waals surface area contributed by atoms with Crippen LogP contribution in [0.25, 0.3) is 0 Å². The van der Waals surface area contributed by atoms with E-state index in [9.17, 15) is 0 Å². The molecule has 0 spiro atoms. The summed E-state index contributed by atoms with van der Waals surface area (Å²) in [6, 6.07) is 1.06. The Morgan fingerprint density at radius 3 is 2.12 bits per heavy atom. The molecule has 0 aliphatic carbocycles. The van der Waals surface area contributed by atoms with Crippen molar-refractivity contribution in [1.29, 1.82) is 0 Å². The van der Waals surface area contributed by atoms with Gasteiger partial charge in [0.1, 0.15) is 0 Å². The predicted molar refractivity (Wildman–Crippen MR) is 80.2 cm³/mol. The van der Waals surface area contributed by atoms with Crippen LogP contribution in [0.3, 0.4) is 0 Å². The summed E-state index contributed by atoms with van der Waals surface area (Å²) < 4.78 is 12.3. The van der Waals surface area contributed by atoms with E-state index in [0.29, 0.717) is 5.73 Å². The average Bonchev–Trinajstić information content (AvgIpc) is 2.16. The Morgan fingerprint density at radius 2 is 1.71 bits per heavy atom. The monoisotopic (exact) mass is 277 g/mol. The van der Waals surface area contributed by atoms with E-state index in [-0.39, 0.29) is 0 Å². The van der Waals surface area contributed by atoms with Gasteiger partial charge >= 0.3 is 8.56 Å². The fraction of sp³-hybridized carbons (Fsp3) is 1.00. The molecule has 0 bridgehead atoms. The minimum atomic E-state index is -1.98. The Hall–Kier alpha value is 0.314. The first-order chi connectivity index (χ1) is 7.75. The molecule has 0 aromatic carbocycles. The van der Waals surface area contributed by atoms with Crippen LogP contribution in [-0.4, -0.2) is 35.5 Å². The van der Waals surface area contributed by atoms with Gasteiger partial charge in [-0.1, -0.05) is 26.1 Å². The standard InChI is InChI=1S/C12H31NO2Si2/c1-7-14-17(6,11-9-8-10-13)15-12(2)16(3,4)5/h12H,7-11,13H2,1-6H3. The molecule has 17 heavy (non-hydrogen) atoms. The largest absolute Gasteiger partial charge is 0.395 e. The summed E-state index contributed by atoms with van der Waals surface area (Å²) in [7, 11) is -3.22. The van der Waals surface area contributed by atoms with E-state index in [1.807, 2.05) is 0 Å². The van der Waals surface area contributed by atoms with Crippen molar-refractivity contribution in [2.75, 3.05) is 13.2 Å². The van der Waals surface area contributed by atoms with Crippen LogP contribution in [0, 0.1) is 0 Å². The molecule has 2 unspecified atom stereocenters. The molecule has 0 saturated heterocycles. The first-order valence-electron chi connectivity index (χ1n) is 6.77. The third-order valence-electron chi connectivity index (χ3n) is 3.18. The molecule has 2 N–H and O–H groups in total. The van der Waals surface area contributed by atoms with E-state index >= 15 is 0 Å². The first kappa shape index (κ1) is 17.3. The summed E-state index contributed by atoms with van der Waals surface area (Å²) in [5.41, 5.74) is 5.91. The zero-order valence-electron chi connectivity index (χ0n) is 12.5. The van der Waals surface area contributed by atoms with Gasteiger partial charge in [-0.25, -0.2) is 0 Å². The maximum Gasteiger partial charge on any atom is 0.334 e. The predicted octanol–water partition coefficient (Wildman–Crippen LogP) is 3.12. The average molecular weight is 278 g/mol. The van der Waals surface area contributed by atoms with Gasteiger partial charge in [0.2, 0.25) is 0 Å². The SMILES string of the molecule is CCO[Si](C)(CCCCN)OC(C)[Si](C)(C)C. The molecule has 5 heteroatoms. The van der Waals surface area contributed by atoms with Crippen molar-refractivity contribution >= 4 is 16.6 Å². The van der Waals surface area contributed by atoms with E-state index in [4.69, 9.17) is 14.6 Å². The van der Waals surface area contributed by atoms with Crippen molar-refractivity contribution in [3.8, 4) is 0 Å². The maximum absolute atomic E-state index is 6.33. The van der Waals surface area contributed by atoms with Crippen LogP contribution < -0.4 is 5.73 Å². The molecule has 0 saturated carbocycles. The lowest BCUT2D eigenvalue weighted by molar-refractivity contribution is 0.165. The number of unbranched alkanes of at least 4 members (excludes halogenated alkanes) is 1. The highest BCUT2D eigenvalue weighted by atomic mass is 28.4. The van der Waals surface area contributed by atoms with Crippen molar-refractivity contribution in [3.05, 3.63) is 0 Å². The van der Waals surface area contributed by atoms with Crippen molar-refractivity contribution in [2.45, 2.75) is 64.6 Å². The van der Waals surface area contributed by atoms with Crippen LogP contribution in [-0.2, 0) is 8.85 Å². The lowest BCUT2D eigenvalue weighted by Crippen LogP contribution is -2.49. The highest BCUT2D eigenvalue weighted by molar-refractivity contribution is 6.78. The van der Waals surface area contributed by atoms with Gasteiger partial charge in [0.15, 0.2) is 0 Å². The van der Waals surface area contributed by atoms with Crippen LogP contribution >= 0.6 is 0 Å². The summed E-state index contributed by atoms with van der Waals surface area (Å²) in [5.74, 6) is 0. The molecular formula is C12H31NO2Si2. The number of nitrogens with two attached hydrogens (primary N) is 1. The molecule has 0 fully saturated rings. The van der Waals surface area contributed by atoms with E-state index in [0.717, 1.165) is 32.0 Å². The van der Waals surface area contributed by atoms with Gasteiger partial charge in [-0.2, -0.15) is 0 Å². The van der Waals surface area contributed by atoms with E-state index in [1.165, 1.54) is 0 Å². The van der Waals surface area contributed by atoms with E-state index < -0.39 is 16.6 Å². The fourth-order valence-corrected chi connectivity index (χ4v) is 6.35. The van der Waals surface area contributed by atoms with Crippen molar-refractivity contribution in [3.63, 3.8) is 0 Å². The Kier molecular flexibility index (Phi) is 7.83. The van der Waals surface area contributed by atoms with Gasteiger partial charge in [0, 0.05) is 12.3 Å². The molecule has 104 valence electrons. The zero-order chi connectivity index (χ0) is 13.5. The summed E-state index contributed by atoms with van der Waals surface area (Å²) >= 11 is 0. The molecule has 0 aliphatic heterocycles. The zero-order valence-corrected chi connectivity index (χ0v) is 14.5. The molecule has 2 atom stereocenters. The molecule has 0 heterocycles. The second-order valence-electron chi connectivity index (χ2n) is 5.94. The van der Waals surface area contributed by atoms with Crippen LogP contribution in [0.4, 0.5) is 0 Å². The molecular weight excluding hydrogens is 246 g/mol. The minimum absolute atomic E-state index is 0.364. The summed E-state index contributed by atoms with van der Waals surface area (Å²) in [5, 5.41) is 0. The van der Waals surface area contributed by atoms with E-state index in [2.05, 4.69) is 40.0 Å². The molecule has 0 amide bonds. The normalized spacial score (nSPS) is 17.8. The van der Waals surface area contributed by atoms with Crippen molar-refractivity contribution in [1.82, 2.24) is 0 Å². The van der Waals surface area contributed by atoms with Gasteiger partial charge in [-0.15, -0.1) is 0 Å². The van der Waals surface area contributed by atoms with Crippen molar-refractivity contribution < 1.29 is 8.85 Å². The van der Waals surface area contributed by atoms with E-state index in [1.54, 1.807) is 0 Å². The van der Waals surface area contributed by atoms with Crippen LogP contribution in [0.15, 0.2) is 0 Å². The van der Waals surface area contributed by atoms with Gasteiger partial charge in [0.05, 0.1) is 8.07 Å². The molecule has 3 nitrogen and oxygen atoms in total. The van der Waals surface area contributed by atoms with Crippen LogP contribution in [0.2, 0.25) is 32.2 Å². The topological polar surface area (TPSA) is 44.5 Å². The first-order valence-corrected chi connectivity index (χ1v) is 12.9. The molecule has 0 aromatic heterocycles. The maximum atomic E-state index is 6.33. The molecule has 0 rings (SSSR count). The second-order valence-corrected chi connectivity index (χ2v) is 14.8. The number of rotatable bonds is 9. The third-order valence-corrected chi connectivity index (χ3v) is 8.99. The Morgan fingerprint density at radius 1 is 1.12 bits per heavy atom. The highest BCUT2D eigenvalue weighted by Gasteiger charge is 2.36. The third kappa shape index (κ3) is 7.36. The van der Waals surface area contributed by atoms with Crippen LogP contribution in [0.1, 0.15) is 26.7 Å². The molecule has 0 aliphatic rings. The Bertz CT molecular complexity index is 209. The molecule has 0 radical (unpaired) electrons. The lowest BCUT2D eigenvalue weighted by Gasteiger charge is -2.35. The minimum Gasteiger partial charge on any atom is -0.395 e. The smallest absolute Gasteiger partial charge is 0.334 e. The number of hydrogen-bond acceptors (Lipinski definition) is 3.